The summed E-state index contributed by atoms with van der Waals surface area (Å²) >= 11 is 0. The van der Waals surface area contributed by atoms with Crippen LogP contribution in [0.5, 0.6) is 0 Å². The molecule has 0 fully saturated rings. The van der Waals surface area contributed by atoms with Crippen molar-refractivity contribution in [2.24, 2.45) is 4.99 Å². The Kier molecular flexibility index (Phi) is 3.40. The second kappa shape index (κ2) is 4.56. The minimum atomic E-state index is -0.271. The molecule has 0 spiro atoms. The molecule has 0 aliphatic carbocycles. The van der Waals surface area contributed by atoms with E-state index in [1.54, 1.807) is 19.2 Å². The van der Waals surface area contributed by atoms with Gasteiger partial charge in [-0.15, -0.1) is 0 Å². The summed E-state index contributed by atoms with van der Waals surface area (Å²) in [6.45, 7) is 3.70. The number of nitrogens with zero attached hydrogens (tertiary/aromatic N) is 1. The topological polar surface area (TPSA) is 21.6 Å². The molecular weight excluding hydrogens is 181 g/mol. The molecule has 0 radical (unpaired) electrons. The molecule has 0 aliphatic heterocycles. The Balaban J connectivity index is 3.03. The van der Waals surface area contributed by atoms with Gasteiger partial charge in [-0.2, -0.15) is 0 Å². The smallest absolute Gasteiger partial charge is 0.137 e. The van der Waals surface area contributed by atoms with E-state index in [2.05, 4.69) is 11.6 Å². The number of halogens is 1. The van der Waals surface area contributed by atoms with Gasteiger partial charge in [-0.1, -0.05) is 6.58 Å². The predicted octanol–water partition coefficient (Wildman–Crippen LogP) is 2.40. The summed E-state index contributed by atoms with van der Waals surface area (Å²) in [4.78, 5) is 4.03. The molecule has 0 N–H and O–H groups in total. The van der Waals surface area contributed by atoms with Crippen LogP contribution in [0.2, 0.25) is 0 Å². The molecule has 0 saturated heterocycles. The van der Waals surface area contributed by atoms with Crippen LogP contribution >= 0.6 is 0 Å². The standard InChI is InChI=1S/C11H12FNO/c1-8(14-3)11(13-2)9-4-6-10(12)7-5-9/h4-7H,1H2,2-3H3/b13-11+. The lowest BCUT2D eigenvalue weighted by Gasteiger charge is -2.07. The lowest BCUT2D eigenvalue weighted by molar-refractivity contribution is 0.317. The quantitative estimate of drug-likeness (QED) is 0.533. The number of rotatable bonds is 3. The largest absolute Gasteiger partial charge is 0.495 e. The van der Waals surface area contributed by atoms with Crippen molar-refractivity contribution in [2.45, 2.75) is 0 Å². The van der Waals surface area contributed by atoms with Crippen LogP contribution in [0.1, 0.15) is 5.56 Å². The van der Waals surface area contributed by atoms with E-state index in [0.29, 0.717) is 11.5 Å². The molecule has 0 aliphatic rings. The minimum absolute atomic E-state index is 0.271. The first-order valence-corrected chi connectivity index (χ1v) is 4.15. The summed E-state index contributed by atoms with van der Waals surface area (Å²) in [6, 6.07) is 6.04. The van der Waals surface area contributed by atoms with Gasteiger partial charge >= 0.3 is 0 Å². The second-order valence-corrected chi connectivity index (χ2v) is 2.71. The molecule has 74 valence electrons. The van der Waals surface area contributed by atoms with Crippen LogP contribution in [0.15, 0.2) is 41.6 Å². The lowest BCUT2D eigenvalue weighted by Crippen LogP contribution is -2.05. The summed E-state index contributed by atoms with van der Waals surface area (Å²) < 4.78 is 17.6. The zero-order valence-electron chi connectivity index (χ0n) is 8.25. The van der Waals surface area contributed by atoms with Crippen molar-refractivity contribution in [2.75, 3.05) is 14.2 Å². The van der Waals surface area contributed by atoms with Gasteiger partial charge in [0.15, 0.2) is 0 Å². The van der Waals surface area contributed by atoms with E-state index in [1.807, 2.05) is 0 Å². The third-order valence-electron chi connectivity index (χ3n) is 1.85. The van der Waals surface area contributed by atoms with Gasteiger partial charge in [0.25, 0.3) is 0 Å². The highest BCUT2D eigenvalue weighted by Crippen LogP contribution is 2.09. The maximum atomic E-state index is 12.6. The first-order chi connectivity index (χ1) is 6.69. The molecule has 1 rings (SSSR count). The zero-order valence-corrected chi connectivity index (χ0v) is 8.25. The Labute approximate surface area is 82.7 Å². The molecule has 0 amide bonds. The number of ether oxygens (including phenoxy) is 1. The van der Waals surface area contributed by atoms with Crippen LogP contribution in [0.25, 0.3) is 0 Å². The van der Waals surface area contributed by atoms with Crippen molar-refractivity contribution in [1.82, 2.24) is 0 Å². The number of benzene rings is 1. The van der Waals surface area contributed by atoms with Crippen LogP contribution in [0.4, 0.5) is 4.39 Å². The van der Waals surface area contributed by atoms with Crippen LogP contribution < -0.4 is 0 Å². The Morgan fingerprint density at radius 1 is 1.36 bits per heavy atom. The molecule has 1 aromatic carbocycles. The van der Waals surface area contributed by atoms with E-state index in [-0.39, 0.29) is 5.82 Å². The van der Waals surface area contributed by atoms with E-state index < -0.39 is 0 Å². The molecule has 0 saturated carbocycles. The van der Waals surface area contributed by atoms with Crippen LogP contribution in [0, 0.1) is 5.82 Å². The Bertz CT molecular complexity index is 354. The first kappa shape index (κ1) is 10.4. The highest BCUT2D eigenvalue weighted by Gasteiger charge is 2.06. The van der Waals surface area contributed by atoms with Gasteiger partial charge in [-0.05, 0) is 24.3 Å². The molecule has 3 heteroatoms. The Morgan fingerprint density at radius 3 is 2.36 bits per heavy atom. The number of hydrogen-bond donors (Lipinski definition) is 0. The number of aliphatic imine (C=N–C) groups is 1. The molecule has 1 aromatic rings. The fourth-order valence-electron chi connectivity index (χ4n) is 1.12. The third kappa shape index (κ3) is 2.19. The summed E-state index contributed by atoms with van der Waals surface area (Å²) in [6.07, 6.45) is 0. The van der Waals surface area contributed by atoms with Crippen molar-refractivity contribution in [1.29, 1.82) is 0 Å². The molecule has 2 nitrogen and oxygen atoms in total. The SMILES string of the molecule is C=C(OC)/C(=N\C)c1ccc(F)cc1. The van der Waals surface area contributed by atoms with Crippen molar-refractivity contribution < 1.29 is 9.13 Å². The van der Waals surface area contributed by atoms with Gasteiger partial charge in [0.1, 0.15) is 17.3 Å². The maximum absolute atomic E-state index is 12.6. The monoisotopic (exact) mass is 193 g/mol. The van der Waals surface area contributed by atoms with Crippen molar-refractivity contribution in [3.05, 3.63) is 48.0 Å². The van der Waals surface area contributed by atoms with Crippen LogP contribution in [0.3, 0.4) is 0 Å². The summed E-state index contributed by atoms with van der Waals surface area (Å²) in [5.41, 5.74) is 1.42. The van der Waals surface area contributed by atoms with Gasteiger partial charge in [0.05, 0.1) is 7.11 Å². The van der Waals surface area contributed by atoms with E-state index in [4.69, 9.17) is 4.74 Å². The van der Waals surface area contributed by atoms with E-state index in [9.17, 15) is 4.39 Å². The van der Waals surface area contributed by atoms with E-state index in [1.165, 1.54) is 19.2 Å². The average molecular weight is 193 g/mol. The molecule has 0 bridgehead atoms. The van der Waals surface area contributed by atoms with Gasteiger partial charge in [0, 0.05) is 12.6 Å². The van der Waals surface area contributed by atoms with Crippen molar-refractivity contribution >= 4 is 5.71 Å². The molecule has 0 unspecified atom stereocenters. The number of methoxy groups -OCH3 is 1. The highest BCUT2D eigenvalue weighted by molar-refractivity contribution is 6.10. The molecule has 0 heterocycles. The highest BCUT2D eigenvalue weighted by atomic mass is 19.1. The Morgan fingerprint density at radius 2 is 1.93 bits per heavy atom. The second-order valence-electron chi connectivity index (χ2n) is 2.71. The van der Waals surface area contributed by atoms with Crippen LogP contribution in [-0.4, -0.2) is 19.9 Å². The summed E-state index contributed by atoms with van der Waals surface area (Å²) in [7, 11) is 3.17. The van der Waals surface area contributed by atoms with E-state index in [0.717, 1.165) is 5.56 Å². The molecular formula is C11H12FNO. The fraction of sp³-hybridized carbons (Fsp3) is 0.182. The Hall–Kier alpha value is -1.64. The third-order valence-corrected chi connectivity index (χ3v) is 1.85. The average Bonchev–Trinajstić information content (AvgIpc) is 2.21. The molecule has 14 heavy (non-hydrogen) atoms. The van der Waals surface area contributed by atoms with Crippen LogP contribution in [-0.2, 0) is 4.74 Å². The number of hydrogen-bond acceptors (Lipinski definition) is 2. The van der Waals surface area contributed by atoms with Gasteiger partial charge < -0.3 is 4.74 Å². The molecule has 0 atom stereocenters. The van der Waals surface area contributed by atoms with Gasteiger partial charge in [-0.25, -0.2) is 4.39 Å². The summed E-state index contributed by atoms with van der Waals surface area (Å²) in [5.74, 6) is 0.200. The van der Waals surface area contributed by atoms with Gasteiger partial charge in [0.2, 0.25) is 0 Å². The van der Waals surface area contributed by atoms with E-state index >= 15 is 0 Å². The number of allylic oxidation sites excluding steroid dienone is 1. The maximum Gasteiger partial charge on any atom is 0.137 e. The van der Waals surface area contributed by atoms with Crippen molar-refractivity contribution in [3.8, 4) is 0 Å². The van der Waals surface area contributed by atoms with Crippen molar-refractivity contribution in [3.63, 3.8) is 0 Å². The fourth-order valence-corrected chi connectivity index (χ4v) is 1.12. The van der Waals surface area contributed by atoms with Gasteiger partial charge in [-0.3, -0.25) is 4.99 Å². The normalized spacial score (nSPS) is 11.2. The summed E-state index contributed by atoms with van der Waals surface area (Å²) in [5, 5.41) is 0. The zero-order chi connectivity index (χ0) is 10.6. The lowest BCUT2D eigenvalue weighted by atomic mass is 10.1. The minimum Gasteiger partial charge on any atom is -0.495 e. The predicted molar refractivity (Wildman–Crippen MR) is 55.0 cm³/mol. The first-order valence-electron chi connectivity index (χ1n) is 4.15. The molecule has 0 aromatic heterocycles.